The summed E-state index contributed by atoms with van der Waals surface area (Å²) < 4.78 is 0.943. The molecule has 92 valence electrons. The van der Waals surface area contributed by atoms with Crippen molar-refractivity contribution in [3.63, 3.8) is 0 Å². The van der Waals surface area contributed by atoms with E-state index in [0.29, 0.717) is 5.56 Å². The molecule has 2 aromatic carbocycles. The number of aromatic carboxylic acids is 1. The fourth-order valence-corrected chi connectivity index (χ4v) is 5.54. The van der Waals surface area contributed by atoms with Crippen LogP contribution in [0.1, 0.15) is 15.9 Å². The van der Waals surface area contributed by atoms with Crippen molar-refractivity contribution in [3.8, 4) is 0 Å². The quantitative estimate of drug-likeness (QED) is 0.860. The van der Waals surface area contributed by atoms with Crippen LogP contribution in [0.4, 0.5) is 0 Å². The number of rotatable bonds is 5. The molecule has 0 heterocycles. The van der Waals surface area contributed by atoms with Crippen molar-refractivity contribution < 1.29 is 9.90 Å². The third-order valence-corrected chi connectivity index (χ3v) is 6.44. The summed E-state index contributed by atoms with van der Waals surface area (Å²) in [4.78, 5) is 11.1. The summed E-state index contributed by atoms with van der Waals surface area (Å²) >= 11 is 0.130. The van der Waals surface area contributed by atoms with E-state index in [4.69, 9.17) is 5.11 Å². The van der Waals surface area contributed by atoms with Gasteiger partial charge in [0, 0.05) is 0 Å². The molecule has 2 aromatic rings. The van der Waals surface area contributed by atoms with Crippen LogP contribution in [0.15, 0.2) is 54.6 Å². The minimum atomic E-state index is -0.840. The predicted octanol–water partition coefficient (Wildman–Crippen LogP) is 2.56. The number of carbonyl (C=O) groups is 1. The molecule has 0 amide bonds. The number of hydrogen-bond donors (Lipinski definition) is 1. The van der Waals surface area contributed by atoms with Gasteiger partial charge in [0.1, 0.15) is 0 Å². The fraction of sp³-hybridized carbons (Fsp3) is 0.0714. The molecule has 1 N–H and O–H groups in total. The molecule has 0 aromatic heterocycles. The summed E-state index contributed by atoms with van der Waals surface area (Å²) in [7, 11) is 1.79. The van der Waals surface area contributed by atoms with E-state index >= 15 is 0 Å². The Morgan fingerprint density at radius 2 is 1.72 bits per heavy atom. The van der Waals surface area contributed by atoms with Crippen molar-refractivity contribution in [3.05, 3.63) is 65.7 Å². The summed E-state index contributed by atoms with van der Waals surface area (Å²) in [6.07, 6.45) is 0. The second-order valence-corrected chi connectivity index (χ2v) is 7.78. The van der Waals surface area contributed by atoms with E-state index in [9.17, 15) is 4.79 Å². The second-order valence-electron chi connectivity index (χ2n) is 3.63. The predicted molar refractivity (Wildman–Crippen MR) is 76.5 cm³/mol. The first-order valence-electron chi connectivity index (χ1n) is 5.43. The summed E-state index contributed by atoms with van der Waals surface area (Å²) in [6.45, 7) is 0. The van der Waals surface area contributed by atoms with Crippen LogP contribution in [0.5, 0.6) is 0 Å². The molecule has 0 spiro atoms. The number of hydrogen-bond acceptors (Lipinski definition) is 2. The Bertz CT molecular complexity index is 528. The van der Waals surface area contributed by atoms with Crippen LogP contribution in [0, 0.1) is 0 Å². The van der Waals surface area contributed by atoms with Gasteiger partial charge in [-0.25, -0.2) is 0 Å². The molecule has 0 unspecified atom stereocenters. The Balaban J connectivity index is 1.97. The van der Waals surface area contributed by atoms with Gasteiger partial charge in [-0.05, 0) is 0 Å². The standard InChI is InChI=1S/C14H12O2SSe/c15-14(16)12-8-4-5-9-13(12)18-17-10-11-6-2-1-3-7-11/h1-9H,10H2,(H,15,16). The van der Waals surface area contributed by atoms with Crippen LogP contribution in [0.2, 0.25) is 0 Å². The van der Waals surface area contributed by atoms with Crippen LogP contribution >= 0.6 is 10.2 Å². The molecule has 0 aliphatic heterocycles. The van der Waals surface area contributed by atoms with Crippen molar-refractivity contribution in [2.75, 3.05) is 0 Å². The van der Waals surface area contributed by atoms with Crippen molar-refractivity contribution in [2.24, 2.45) is 0 Å². The number of carboxylic acids is 1. The molecule has 0 atom stereocenters. The van der Waals surface area contributed by atoms with E-state index in [-0.39, 0.29) is 13.8 Å². The molecule has 0 saturated carbocycles. The van der Waals surface area contributed by atoms with Gasteiger partial charge in [0.25, 0.3) is 0 Å². The molecular formula is C14H12O2SSe. The van der Waals surface area contributed by atoms with Crippen LogP contribution in [-0.4, -0.2) is 24.9 Å². The number of benzene rings is 2. The Kier molecular flexibility index (Phi) is 4.88. The van der Waals surface area contributed by atoms with Gasteiger partial charge >= 0.3 is 116 Å². The summed E-state index contributed by atoms with van der Waals surface area (Å²) in [5, 5.41) is 9.08. The number of carboxylic acid groups (broad SMARTS) is 1. The van der Waals surface area contributed by atoms with E-state index in [2.05, 4.69) is 12.1 Å². The minimum absolute atomic E-state index is 0.130. The molecule has 18 heavy (non-hydrogen) atoms. The summed E-state index contributed by atoms with van der Waals surface area (Å²) in [6, 6.07) is 17.5. The Labute approximate surface area is 116 Å². The van der Waals surface area contributed by atoms with Gasteiger partial charge in [-0.1, -0.05) is 0 Å². The van der Waals surface area contributed by atoms with E-state index in [1.807, 2.05) is 30.3 Å². The monoisotopic (exact) mass is 324 g/mol. The summed E-state index contributed by atoms with van der Waals surface area (Å²) in [5.74, 6) is 0.0854. The first kappa shape index (κ1) is 13.2. The van der Waals surface area contributed by atoms with Gasteiger partial charge in [-0.15, -0.1) is 0 Å². The van der Waals surface area contributed by atoms with Crippen molar-refractivity contribution >= 4 is 34.4 Å². The molecular weight excluding hydrogens is 311 g/mol. The van der Waals surface area contributed by atoms with Gasteiger partial charge in [-0.2, -0.15) is 0 Å². The second kappa shape index (κ2) is 6.64. The van der Waals surface area contributed by atoms with Crippen LogP contribution in [0.25, 0.3) is 0 Å². The zero-order chi connectivity index (χ0) is 12.8. The molecule has 0 fully saturated rings. The maximum atomic E-state index is 11.1. The Morgan fingerprint density at radius 3 is 2.44 bits per heavy atom. The topological polar surface area (TPSA) is 37.3 Å². The summed E-state index contributed by atoms with van der Waals surface area (Å²) in [5.41, 5.74) is 1.70. The van der Waals surface area contributed by atoms with E-state index < -0.39 is 5.97 Å². The van der Waals surface area contributed by atoms with E-state index in [1.165, 1.54) is 5.56 Å². The van der Waals surface area contributed by atoms with Crippen molar-refractivity contribution in [1.82, 2.24) is 0 Å². The first-order valence-corrected chi connectivity index (χ1v) is 9.29. The van der Waals surface area contributed by atoms with Crippen LogP contribution in [0.3, 0.4) is 0 Å². The van der Waals surface area contributed by atoms with Crippen molar-refractivity contribution in [1.29, 1.82) is 0 Å². The SMILES string of the molecule is O=C(O)c1ccccc1[Se]SCc1ccccc1. The normalized spacial score (nSPS) is 10.2. The molecule has 4 heteroatoms. The van der Waals surface area contributed by atoms with Crippen LogP contribution in [-0.2, 0) is 5.75 Å². The zero-order valence-electron chi connectivity index (χ0n) is 9.58. The Hall–Kier alpha value is -1.22. The molecule has 0 bridgehead atoms. The van der Waals surface area contributed by atoms with E-state index in [1.54, 1.807) is 22.3 Å². The zero-order valence-corrected chi connectivity index (χ0v) is 12.1. The van der Waals surface area contributed by atoms with Gasteiger partial charge in [0.15, 0.2) is 0 Å². The molecule has 0 saturated heterocycles. The first-order chi connectivity index (χ1) is 8.77. The van der Waals surface area contributed by atoms with Crippen LogP contribution < -0.4 is 4.46 Å². The fourth-order valence-electron chi connectivity index (χ4n) is 1.45. The van der Waals surface area contributed by atoms with Crippen molar-refractivity contribution in [2.45, 2.75) is 5.75 Å². The van der Waals surface area contributed by atoms with Gasteiger partial charge < -0.3 is 0 Å². The van der Waals surface area contributed by atoms with Gasteiger partial charge in [-0.3, -0.25) is 0 Å². The molecule has 2 rings (SSSR count). The molecule has 0 aliphatic carbocycles. The van der Waals surface area contributed by atoms with E-state index in [0.717, 1.165) is 10.2 Å². The molecule has 2 nitrogen and oxygen atoms in total. The molecule has 0 aliphatic rings. The van der Waals surface area contributed by atoms with Gasteiger partial charge in [0.2, 0.25) is 0 Å². The maximum absolute atomic E-state index is 11.1. The average molecular weight is 323 g/mol. The third-order valence-electron chi connectivity index (χ3n) is 2.33. The van der Waals surface area contributed by atoms with Gasteiger partial charge in [0.05, 0.1) is 0 Å². The molecule has 0 radical (unpaired) electrons. The third kappa shape index (κ3) is 3.64. The average Bonchev–Trinajstić information content (AvgIpc) is 2.40. The Morgan fingerprint density at radius 1 is 1.06 bits per heavy atom.